The third kappa shape index (κ3) is 4.10. The minimum absolute atomic E-state index is 0.0591. The molecule has 1 aromatic heterocycles. The number of hydrogen-bond acceptors (Lipinski definition) is 7. The van der Waals surface area contributed by atoms with E-state index in [0.29, 0.717) is 13.2 Å². The molecule has 9 heteroatoms. The topological polar surface area (TPSA) is 110 Å². The second-order valence-corrected chi connectivity index (χ2v) is 6.98. The predicted molar refractivity (Wildman–Crippen MR) is 78.0 cm³/mol. The maximum absolute atomic E-state index is 12.7. The highest BCUT2D eigenvalue weighted by molar-refractivity contribution is 7.89. The van der Waals surface area contributed by atoms with Crippen molar-refractivity contribution in [3.63, 3.8) is 0 Å². The molecule has 126 valence electrons. The van der Waals surface area contributed by atoms with E-state index < -0.39 is 16.0 Å². The van der Waals surface area contributed by atoms with Gasteiger partial charge in [-0.2, -0.15) is 9.57 Å². The van der Waals surface area contributed by atoms with Crippen molar-refractivity contribution in [1.82, 2.24) is 4.31 Å². The van der Waals surface area contributed by atoms with Crippen LogP contribution in [0, 0.1) is 17.2 Å². The average Bonchev–Trinajstić information content (AvgIpc) is 3.21. The molecule has 2 rings (SSSR count). The molecule has 1 aromatic rings. The van der Waals surface area contributed by atoms with E-state index in [-0.39, 0.29) is 36.3 Å². The molecule has 0 radical (unpaired) electrons. The molecule has 0 unspecified atom stereocenters. The normalized spacial score (nSPS) is 18.0. The first-order valence-corrected chi connectivity index (χ1v) is 8.56. The second-order valence-electron chi connectivity index (χ2n) is 5.11. The standard InChI is InChI=1S/C14H18N2O6S/c1-20-14(17)12-3-4-13(22-12)23(18,19)16(7-2-6-15)9-11-5-8-21-10-11/h3-4,11H,2,5,7-10H2,1H3/t11-/m1/s1. The van der Waals surface area contributed by atoms with Gasteiger partial charge in [0.05, 0.1) is 19.8 Å². The number of carbonyl (C=O) groups is 1. The molecule has 0 bridgehead atoms. The quantitative estimate of drug-likeness (QED) is 0.680. The molecule has 0 saturated carbocycles. The Kier molecular flexibility index (Phi) is 5.76. The van der Waals surface area contributed by atoms with Gasteiger partial charge in [-0.05, 0) is 24.5 Å². The Hall–Kier alpha value is -1.89. The highest BCUT2D eigenvalue weighted by Crippen LogP contribution is 2.23. The molecule has 2 heterocycles. The Bertz CT molecular complexity index is 684. The zero-order chi connectivity index (χ0) is 16.9. The van der Waals surface area contributed by atoms with E-state index in [1.165, 1.54) is 23.5 Å². The zero-order valence-electron chi connectivity index (χ0n) is 12.7. The van der Waals surface area contributed by atoms with Crippen LogP contribution < -0.4 is 0 Å². The lowest BCUT2D eigenvalue weighted by molar-refractivity contribution is 0.0558. The molecule has 0 spiro atoms. The monoisotopic (exact) mass is 342 g/mol. The van der Waals surface area contributed by atoms with Gasteiger partial charge in [0.25, 0.3) is 10.0 Å². The van der Waals surface area contributed by atoms with Crippen LogP contribution in [-0.2, 0) is 19.5 Å². The van der Waals surface area contributed by atoms with Crippen LogP contribution in [0.25, 0.3) is 0 Å². The molecule has 8 nitrogen and oxygen atoms in total. The third-order valence-electron chi connectivity index (χ3n) is 3.52. The van der Waals surface area contributed by atoms with Crippen molar-refractivity contribution in [3.8, 4) is 6.07 Å². The molecule has 0 aliphatic carbocycles. The van der Waals surface area contributed by atoms with Gasteiger partial charge in [-0.1, -0.05) is 0 Å². The summed E-state index contributed by atoms with van der Waals surface area (Å²) in [5.41, 5.74) is 0. The molecule has 1 fully saturated rings. The van der Waals surface area contributed by atoms with Crippen LogP contribution in [0.2, 0.25) is 0 Å². The SMILES string of the molecule is COC(=O)c1ccc(S(=O)(=O)N(CCC#N)C[C@H]2CCOC2)o1. The molecule has 23 heavy (non-hydrogen) atoms. The molecule has 0 aromatic carbocycles. The van der Waals surface area contributed by atoms with Crippen molar-refractivity contribution < 1.29 is 27.1 Å². The van der Waals surface area contributed by atoms with Gasteiger partial charge in [0.1, 0.15) is 0 Å². The smallest absolute Gasteiger partial charge is 0.374 e. The van der Waals surface area contributed by atoms with Crippen LogP contribution in [0.5, 0.6) is 0 Å². The number of sulfonamides is 1. The van der Waals surface area contributed by atoms with Crippen LogP contribution in [0.15, 0.2) is 21.6 Å². The van der Waals surface area contributed by atoms with E-state index in [1.54, 1.807) is 0 Å². The number of hydrogen-bond donors (Lipinski definition) is 0. The number of rotatable bonds is 7. The van der Waals surface area contributed by atoms with Gasteiger partial charge in [0.2, 0.25) is 10.9 Å². The first-order valence-electron chi connectivity index (χ1n) is 7.12. The second kappa shape index (κ2) is 7.59. The van der Waals surface area contributed by atoms with E-state index >= 15 is 0 Å². The molecule has 1 aliphatic rings. The van der Waals surface area contributed by atoms with E-state index in [4.69, 9.17) is 14.4 Å². The molecular formula is C14H18N2O6S. The number of esters is 1. The molecule has 1 atom stereocenters. The van der Waals surface area contributed by atoms with E-state index in [1.807, 2.05) is 6.07 Å². The molecule has 0 N–H and O–H groups in total. The Morgan fingerprint density at radius 2 is 2.30 bits per heavy atom. The van der Waals surface area contributed by atoms with Gasteiger partial charge < -0.3 is 13.9 Å². The number of furan rings is 1. The number of carbonyl (C=O) groups excluding carboxylic acids is 1. The van der Waals surface area contributed by atoms with Gasteiger partial charge in [-0.25, -0.2) is 13.2 Å². The lowest BCUT2D eigenvalue weighted by Crippen LogP contribution is -2.36. The minimum Gasteiger partial charge on any atom is -0.463 e. The first-order chi connectivity index (χ1) is 11.0. The average molecular weight is 342 g/mol. The maximum atomic E-state index is 12.7. The number of ether oxygens (including phenoxy) is 2. The summed E-state index contributed by atoms with van der Waals surface area (Å²) >= 11 is 0. The summed E-state index contributed by atoms with van der Waals surface area (Å²) in [7, 11) is -2.75. The fourth-order valence-corrected chi connectivity index (χ4v) is 3.72. The summed E-state index contributed by atoms with van der Waals surface area (Å²) in [5.74, 6) is -0.853. The Labute approximate surface area is 134 Å². The van der Waals surface area contributed by atoms with Crippen molar-refractivity contribution in [3.05, 3.63) is 17.9 Å². The number of nitriles is 1. The highest BCUT2D eigenvalue weighted by Gasteiger charge is 2.31. The minimum atomic E-state index is -3.93. The van der Waals surface area contributed by atoms with Crippen LogP contribution in [0.4, 0.5) is 0 Å². The Morgan fingerprint density at radius 1 is 1.52 bits per heavy atom. The van der Waals surface area contributed by atoms with Gasteiger partial charge in [-0.15, -0.1) is 0 Å². The van der Waals surface area contributed by atoms with Gasteiger partial charge in [0, 0.05) is 26.1 Å². The van der Waals surface area contributed by atoms with E-state index in [9.17, 15) is 13.2 Å². The van der Waals surface area contributed by atoms with Crippen LogP contribution in [0.1, 0.15) is 23.4 Å². The first kappa shape index (κ1) is 17.5. The van der Waals surface area contributed by atoms with E-state index in [2.05, 4.69) is 4.74 Å². The molecule has 0 amide bonds. The lowest BCUT2D eigenvalue weighted by atomic mass is 10.1. The number of nitrogens with zero attached hydrogens (tertiary/aromatic N) is 2. The lowest BCUT2D eigenvalue weighted by Gasteiger charge is -2.22. The summed E-state index contributed by atoms with van der Waals surface area (Å²) in [6, 6.07) is 4.40. The highest BCUT2D eigenvalue weighted by atomic mass is 32.2. The van der Waals surface area contributed by atoms with Crippen LogP contribution in [-0.4, -0.2) is 52.1 Å². The fraction of sp³-hybridized carbons (Fsp3) is 0.571. The van der Waals surface area contributed by atoms with Crippen molar-refractivity contribution >= 4 is 16.0 Å². The van der Waals surface area contributed by atoms with E-state index in [0.717, 1.165) is 6.42 Å². The van der Waals surface area contributed by atoms with Gasteiger partial charge >= 0.3 is 5.97 Å². The van der Waals surface area contributed by atoms with Crippen LogP contribution >= 0.6 is 0 Å². The summed E-state index contributed by atoms with van der Waals surface area (Å²) in [6.45, 7) is 1.40. The Balaban J connectivity index is 2.21. The zero-order valence-corrected chi connectivity index (χ0v) is 13.5. The predicted octanol–water partition coefficient (Wildman–Crippen LogP) is 1.01. The van der Waals surface area contributed by atoms with Crippen molar-refractivity contribution in [2.24, 2.45) is 5.92 Å². The van der Waals surface area contributed by atoms with Gasteiger partial charge in [-0.3, -0.25) is 0 Å². The van der Waals surface area contributed by atoms with Crippen molar-refractivity contribution in [1.29, 1.82) is 5.26 Å². The number of methoxy groups -OCH3 is 1. The van der Waals surface area contributed by atoms with Crippen molar-refractivity contribution in [2.75, 3.05) is 33.4 Å². The molecular weight excluding hydrogens is 324 g/mol. The van der Waals surface area contributed by atoms with Crippen LogP contribution in [0.3, 0.4) is 0 Å². The maximum Gasteiger partial charge on any atom is 0.374 e. The fourth-order valence-electron chi connectivity index (χ4n) is 2.30. The summed E-state index contributed by atoms with van der Waals surface area (Å²) in [5, 5.41) is 8.40. The third-order valence-corrected chi connectivity index (χ3v) is 5.26. The Morgan fingerprint density at radius 3 is 2.91 bits per heavy atom. The van der Waals surface area contributed by atoms with Gasteiger partial charge in [0.15, 0.2) is 0 Å². The summed E-state index contributed by atoms with van der Waals surface area (Å²) < 4.78 is 41.4. The summed E-state index contributed by atoms with van der Waals surface area (Å²) in [4.78, 5) is 11.4. The molecule has 1 saturated heterocycles. The van der Waals surface area contributed by atoms with Crippen molar-refractivity contribution in [2.45, 2.75) is 17.9 Å². The summed E-state index contributed by atoms with van der Waals surface area (Å²) in [6.07, 6.45) is 0.835. The molecule has 1 aliphatic heterocycles. The largest absolute Gasteiger partial charge is 0.463 e.